The second kappa shape index (κ2) is 5.63. The number of fused-ring (bicyclic) bond motifs is 1. The summed E-state index contributed by atoms with van der Waals surface area (Å²) in [5, 5.41) is 4.57. The summed E-state index contributed by atoms with van der Waals surface area (Å²) in [6, 6.07) is 16.7. The number of para-hydroxylation sites is 1. The molecule has 1 aromatic heterocycles. The van der Waals surface area contributed by atoms with Gasteiger partial charge in [0.25, 0.3) is 0 Å². The minimum Gasteiger partial charge on any atom is -0.380 e. The van der Waals surface area contributed by atoms with Crippen molar-refractivity contribution >= 4 is 32.5 Å². The zero-order chi connectivity index (χ0) is 13.9. The Morgan fingerprint density at radius 2 is 1.95 bits per heavy atom. The van der Waals surface area contributed by atoms with E-state index in [0.29, 0.717) is 0 Å². The molecule has 1 N–H and O–H groups in total. The van der Waals surface area contributed by atoms with Crippen molar-refractivity contribution < 1.29 is 0 Å². The highest BCUT2D eigenvalue weighted by molar-refractivity contribution is 9.10. The van der Waals surface area contributed by atoms with E-state index in [4.69, 9.17) is 0 Å². The van der Waals surface area contributed by atoms with Crippen molar-refractivity contribution in [2.45, 2.75) is 13.5 Å². The Hall–Kier alpha value is -1.87. The van der Waals surface area contributed by atoms with Crippen molar-refractivity contribution in [1.82, 2.24) is 4.98 Å². The van der Waals surface area contributed by atoms with Gasteiger partial charge in [-0.3, -0.25) is 4.98 Å². The number of nitrogens with one attached hydrogen (secondary N) is 1. The third kappa shape index (κ3) is 2.83. The maximum atomic E-state index is 4.45. The van der Waals surface area contributed by atoms with Crippen LogP contribution in [0.3, 0.4) is 0 Å². The number of hydrogen-bond donors (Lipinski definition) is 1. The third-order valence-corrected chi connectivity index (χ3v) is 4.18. The van der Waals surface area contributed by atoms with E-state index in [-0.39, 0.29) is 0 Å². The Morgan fingerprint density at radius 3 is 2.80 bits per heavy atom. The van der Waals surface area contributed by atoms with Gasteiger partial charge >= 0.3 is 0 Å². The molecule has 3 rings (SSSR count). The monoisotopic (exact) mass is 326 g/mol. The summed E-state index contributed by atoms with van der Waals surface area (Å²) in [6.45, 7) is 2.88. The molecular weight excluding hydrogens is 312 g/mol. The molecule has 100 valence electrons. The number of aromatic nitrogens is 1. The Morgan fingerprint density at radius 1 is 1.10 bits per heavy atom. The van der Waals surface area contributed by atoms with Gasteiger partial charge in [-0.15, -0.1) is 0 Å². The standard InChI is InChI=1S/C17H15BrN2/c1-12-6-7-13(8-16(12)18)10-19-15-9-14-4-2-3-5-17(14)20-11-15/h2-9,11,19H,10H2,1H3. The first-order valence-corrected chi connectivity index (χ1v) is 7.35. The SMILES string of the molecule is Cc1ccc(CNc2cnc3ccccc3c2)cc1Br. The highest BCUT2D eigenvalue weighted by Gasteiger charge is 2.00. The lowest BCUT2D eigenvalue weighted by Gasteiger charge is -2.08. The van der Waals surface area contributed by atoms with Crippen LogP contribution in [0.15, 0.2) is 59.2 Å². The lowest BCUT2D eigenvalue weighted by atomic mass is 10.1. The van der Waals surface area contributed by atoms with Crippen molar-refractivity contribution in [2.75, 3.05) is 5.32 Å². The van der Waals surface area contributed by atoms with Crippen molar-refractivity contribution in [1.29, 1.82) is 0 Å². The summed E-state index contributed by atoms with van der Waals surface area (Å²) >= 11 is 3.56. The number of pyridine rings is 1. The molecule has 0 saturated heterocycles. The van der Waals surface area contributed by atoms with Gasteiger partial charge in [0.05, 0.1) is 17.4 Å². The number of benzene rings is 2. The van der Waals surface area contributed by atoms with E-state index in [2.05, 4.69) is 63.5 Å². The molecule has 0 amide bonds. The second-order valence-corrected chi connectivity index (χ2v) is 5.71. The normalized spacial score (nSPS) is 10.7. The van der Waals surface area contributed by atoms with Crippen molar-refractivity contribution in [3.8, 4) is 0 Å². The van der Waals surface area contributed by atoms with E-state index in [9.17, 15) is 0 Å². The smallest absolute Gasteiger partial charge is 0.0703 e. The summed E-state index contributed by atoms with van der Waals surface area (Å²) in [5.41, 5.74) is 4.56. The van der Waals surface area contributed by atoms with Crippen LogP contribution in [-0.4, -0.2) is 4.98 Å². The molecule has 2 nitrogen and oxygen atoms in total. The van der Waals surface area contributed by atoms with Crippen LogP contribution in [0.5, 0.6) is 0 Å². The zero-order valence-electron chi connectivity index (χ0n) is 11.2. The van der Waals surface area contributed by atoms with Crippen molar-refractivity contribution in [2.24, 2.45) is 0 Å². The molecule has 0 unspecified atom stereocenters. The molecule has 0 fully saturated rings. The molecular formula is C17H15BrN2. The van der Waals surface area contributed by atoms with Crippen molar-refractivity contribution in [3.63, 3.8) is 0 Å². The fourth-order valence-corrected chi connectivity index (χ4v) is 2.54. The Kier molecular flexibility index (Phi) is 3.70. The van der Waals surface area contributed by atoms with E-state index >= 15 is 0 Å². The first kappa shape index (κ1) is 13.1. The summed E-state index contributed by atoms with van der Waals surface area (Å²) in [4.78, 5) is 4.45. The molecule has 0 spiro atoms. The maximum absolute atomic E-state index is 4.45. The van der Waals surface area contributed by atoms with E-state index in [1.54, 1.807) is 0 Å². The van der Waals surface area contributed by atoms with Crippen LogP contribution in [0.2, 0.25) is 0 Å². The first-order valence-electron chi connectivity index (χ1n) is 6.56. The van der Waals surface area contributed by atoms with Gasteiger partial charge in [0.1, 0.15) is 0 Å². The van der Waals surface area contributed by atoms with Gasteiger partial charge in [-0.25, -0.2) is 0 Å². The minimum atomic E-state index is 0.791. The minimum absolute atomic E-state index is 0.791. The molecule has 0 aliphatic carbocycles. The van der Waals surface area contributed by atoms with Gasteiger partial charge in [0.2, 0.25) is 0 Å². The topological polar surface area (TPSA) is 24.9 Å². The summed E-state index contributed by atoms with van der Waals surface area (Å²) < 4.78 is 1.15. The van der Waals surface area contributed by atoms with Crippen LogP contribution in [-0.2, 0) is 6.54 Å². The van der Waals surface area contributed by atoms with Crippen molar-refractivity contribution in [3.05, 3.63) is 70.3 Å². The van der Waals surface area contributed by atoms with Gasteiger partial charge in [-0.05, 0) is 36.2 Å². The number of halogens is 1. The Balaban J connectivity index is 1.77. The van der Waals surface area contributed by atoms with E-state index in [1.807, 2.05) is 24.4 Å². The highest BCUT2D eigenvalue weighted by atomic mass is 79.9. The quantitative estimate of drug-likeness (QED) is 0.739. The van der Waals surface area contributed by atoms with E-state index in [1.165, 1.54) is 11.1 Å². The van der Waals surface area contributed by atoms with Crippen LogP contribution < -0.4 is 5.32 Å². The van der Waals surface area contributed by atoms with Gasteiger partial charge in [-0.2, -0.15) is 0 Å². The molecule has 20 heavy (non-hydrogen) atoms. The number of hydrogen-bond acceptors (Lipinski definition) is 2. The lowest BCUT2D eigenvalue weighted by molar-refractivity contribution is 1.13. The number of anilines is 1. The molecule has 0 aliphatic rings. The van der Waals surface area contributed by atoms with Gasteiger partial charge < -0.3 is 5.32 Å². The number of rotatable bonds is 3. The summed E-state index contributed by atoms with van der Waals surface area (Å²) in [7, 11) is 0. The molecule has 0 atom stereocenters. The summed E-state index contributed by atoms with van der Waals surface area (Å²) in [6.07, 6.45) is 1.88. The average molecular weight is 327 g/mol. The third-order valence-electron chi connectivity index (χ3n) is 3.32. The second-order valence-electron chi connectivity index (χ2n) is 4.85. The summed E-state index contributed by atoms with van der Waals surface area (Å²) in [5.74, 6) is 0. The molecule has 0 aliphatic heterocycles. The van der Waals surface area contributed by atoms with E-state index in [0.717, 1.165) is 27.6 Å². The fourth-order valence-electron chi connectivity index (χ4n) is 2.12. The fraction of sp³-hybridized carbons (Fsp3) is 0.118. The average Bonchev–Trinajstić information content (AvgIpc) is 2.48. The molecule has 0 radical (unpaired) electrons. The van der Waals surface area contributed by atoms with Gasteiger partial charge in [0, 0.05) is 16.4 Å². The first-order chi connectivity index (χ1) is 9.72. The molecule has 0 saturated carbocycles. The van der Waals surface area contributed by atoms with Gasteiger partial charge in [-0.1, -0.05) is 46.3 Å². The molecule has 1 heterocycles. The largest absolute Gasteiger partial charge is 0.380 e. The van der Waals surface area contributed by atoms with Crippen LogP contribution in [0.25, 0.3) is 10.9 Å². The predicted octanol–water partition coefficient (Wildman–Crippen LogP) is 4.92. The highest BCUT2D eigenvalue weighted by Crippen LogP contribution is 2.20. The molecule has 0 bridgehead atoms. The number of aryl methyl sites for hydroxylation is 1. The number of nitrogens with zero attached hydrogens (tertiary/aromatic N) is 1. The Bertz CT molecular complexity index is 753. The van der Waals surface area contributed by atoms with Crippen LogP contribution in [0.4, 0.5) is 5.69 Å². The van der Waals surface area contributed by atoms with Crippen LogP contribution >= 0.6 is 15.9 Å². The van der Waals surface area contributed by atoms with Crippen LogP contribution in [0, 0.1) is 6.92 Å². The maximum Gasteiger partial charge on any atom is 0.0703 e. The lowest BCUT2D eigenvalue weighted by Crippen LogP contribution is -2.00. The van der Waals surface area contributed by atoms with E-state index < -0.39 is 0 Å². The zero-order valence-corrected chi connectivity index (χ0v) is 12.8. The predicted molar refractivity (Wildman–Crippen MR) is 87.9 cm³/mol. The van der Waals surface area contributed by atoms with Gasteiger partial charge in [0.15, 0.2) is 0 Å². The Labute approximate surface area is 127 Å². The molecule has 2 aromatic carbocycles. The molecule has 3 aromatic rings. The van der Waals surface area contributed by atoms with Crippen LogP contribution in [0.1, 0.15) is 11.1 Å². The molecule has 3 heteroatoms.